The first kappa shape index (κ1) is 15.1. The maximum absolute atomic E-state index is 11.8. The molecular weight excluding hydrogens is 344 g/mol. The Morgan fingerprint density at radius 2 is 2.05 bits per heavy atom. The number of halogens is 1. The first-order valence-corrected chi connectivity index (χ1v) is 9.32. The summed E-state index contributed by atoms with van der Waals surface area (Å²) >= 11 is 7.35. The standard InChI is InChI=1S/C13H11ClN4O2S2/c1-22(19,20)9-5-3-2-4-8(9)15-6-10-18-11-12(14)16-7-17-13(11)21-10/h2-5,7,15H,6H2,1H3. The van der Waals surface area contributed by atoms with Gasteiger partial charge >= 0.3 is 0 Å². The summed E-state index contributed by atoms with van der Waals surface area (Å²) in [5, 5.41) is 4.15. The molecule has 0 spiro atoms. The molecule has 1 aromatic carbocycles. The minimum atomic E-state index is -3.29. The zero-order valence-electron chi connectivity index (χ0n) is 11.4. The SMILES string of the molecule is CS(=O)(=O)c1ccccc1NCc1nc2c(Cl)ncnc2s1. The summed E-state index contributed by atoms with van der Waals surface area (Å²) in [6.07, 6.45) is 2.57. The second-order valence-corrected chi connectivity index (χ2v) is 7.95. The Kier molecular flexibility index (Phi) is 3.98. The van der Waals surface area contributed by atoms with E-state index in [0.29, 0.717) is 27.7 Å². The number of sulfone groups is 1. The van der Waals surface area contributed by atoms with Crippen LogP contribution in [0.1, 0.15) is 5.01 Å². The van der Waals surface area contributed by atoms with E-state index < -0.39 is 9.84 Å². The number of rotatable bonds is 4. The number of para-hydroxylation sites is 1. The molecule has 0 aliphatic carbocycles. The lowest BCUT2D eigenvalue weighted by Crippen LogP contribution is -2.05. The highest BCUT2D eigenvalue weighted by molar-refractivity contribution is 7.90. The van der Waals surface area contributed by atoms with Gasteiger partial charge in [-0.05, 0) is 12.1 Å². The van der Waals surface area contributed by atoms with Crippen molar-refractivity contribution in [3.8, 4) is 0 Å². The number of nitrogens with zero attached hydrogens (tertiary/aromatic N) is 3. The van der Waals surface area contributed by atoms with E-state index in [9.17, 15) is 8.42 Å². The van der Waals surface area contributed by atoms with Crippen LogP contribution in [-0.4, -0.2) is 29.6 Å². The van der Waals surface area contributed by atoms with Gasteiger partial charge in [-0.3, -0.25) is 0 Å². The number of anilines is 1. The molecule has 3 rings (SSSR count). The van der Waals surface area contributed by atoms with Gasteiger partial charge in [0.05, 0.1) is 17.1 Å². The van der Waals surface area contributed by atoms with Gasteiger partial charge in [-0.25, -0.2) is 23.4 Å². The summed E-state index contributed by atoms with van der Waals surface area (Å²) in [4.78, 5) is 13.3. The van der Waals surface area contributed by atoms with Gasteiger partial charge in [0.15, 0.2) is 15.0 Å². The number of benzene rings is 1. The molecule has 1 N–H and O–H groups in total. The summed E-state index contributed by atoms with van der Waals surface area (Å²) in [6.45, 7) is 0.379. The Bertz CT molecular complexity index is 940. The van der Waals surface area contributed by atoms with Gasteiger partial charge in [0.2, 0.25) is 0 Å². The summed E-state index contributed by atoms with van der Waals surface area (Å²) in [5.41, 5.74) is 1.10. The number of aromatic nitrogens is 3. The molecule has 0 unspecified atom stereocenters. The monoisotopic (exact) mass is 354 g/mol. The van der Waals surface area contributed by atoms with Gasteiger partial charge < -0.3 is 5.32 Å². The second kappa shape index (κ2) is 5.79. The fourth-order valence-electron chi connectivity index (χ4n) is 1.95. The average molecular weight is 355 g/mol. The van der Waals surface area contributed by atoms with Crippen LogP contribution in [0.15, 0.2) is 35.5 Å². The zero-order valence-corrected chi connectivity index (χ0v) is 13.8. The van der Waals surface area contributed by atoms with Crippen molar-refractivity contribution in [2.24, 2.45) is 0 Å². The van der Waals surface area contributed by atoms with Crippen molar-refractivity contribution >= 4 is 48.8 Å². The third kappa shape index (κ3) is 3.03. The molecule has 6 nitrogen and oxygen atoms in total. The molecule has 2 aromatic heterocycles. The summed E-state index contributed by atoms with van der Waals surface area (Å²) in [5.74, 6) is 0. The van der Waals surface area contributed by atoms with Gasteiger partial charge in [0, 0.05) is 6.26 Å². The van der Waals surface area contributed by atoms with Crippen molar-refractivity contribution in [3.05, 3.63) is 40.8 Å². The molecule has 22 heavy (non-hydrogen) atoms. The minimum absolute atomic E-state index is 0.258. The van der Waals surface area contributed by atoms with Crippen molar-refractivity contribution < 1.29 is 8.42 Å². The summed E-state index contributed by atoms with van der Waals surface area (Å²) in [6, 6.07) is 6.75. The Morgan fingerprint density at radius 1 is 1.27 bits per heavy atom. The smallest absolute Gasteiger partial charge is 0.177 e. The van der Waals surface area contributed by atoms with Crippen LogP contribution in [0, 0.1) is 0 Å². The number of hydrogen-bond acceptors (Lipinski definition) is 7. The number of thiazole rings is 1. The van der Waals surface area contributed by atoms with Gasteiger partial charge in [-0.1, -0.05) is 35.1 Å². The third-order valence-corrected chi connectivity index (χ3v) is 5.31. The van der Waals surface area contributed by atoms with Crippen LogP contribution < -0.4 is 5.32 Å². The summed E-state index contributed by atoms with van der Waals surface area (Å²) < 4.78 is 23.5. The highest BCUT2D eigenvalue weighted by Crippen LogP contribution is 2.26. The second-order valence-electron chi connectivity index (χ2n) is 4.55. The van der Waals surface area contributed by atoms with Crippen molar-refractivity contribution in [1.82, 2.24) is 15.0 Å². The molecule has 3 aromatic rings. The van der Waals surface area contributed by atoms with E-state index in [-0.39, 0.29) is 4.90 Å². The molecule has 114 valence electrons. The third-order valence-electron chi connectivity index (χ3n) is 2.91. The van der Waals surface area contributed by atoms with E-state index in [0.717, 1.165) is 5.01 Å². The van der Waals surface area contributed by atoms with Crippen LogP contribution in [-0.2, 0) is 16.4 Å². The first-order valence-electron chi connectivity index (χ1n) is 6.24. The Morgan fingerprint density at radius 3 is 2.77 bits per heavy atom. The van der Waals surface area contributed by atoms with E-state index in [1.54, 1.807) is 24.3 Å². The average Bonchev–Trinajstić information content (AvgIpc) is 2.89. The van der Waals surface area contributed by atoms with Crippen molar-refractivity contribution in [2.75, 3.05) is 11.6 Å². The van der Waals surface area contributed by atoms with E-state index in [1.807, 2.05) is 0 Å². The van der Waals surface area contributed by atoms with E-state index in [2.05, 4.69) is 20.3 Å². The number of nitrogens with one attached hydrogen (secondary N) is 1. The molecule has 0 aliphatic heterocycles. The predicted molar refractivity (Wildman–Crippen MR) is 87.1 cm³/mol. The Balaban J connectivity index is 1.87. The molecule has 0 radical (unpaired) electrons. The van der Waals surface area contributed by atoms with Crippen molar-refractivity contribution in [3.63, 3.8) is 0 Å². The lowest BCUT2D eigenvalue weighted by atomic mass is 10.3. The molecule has 9 heteroatoms. The van der Waals surface area contributed by atoms with Crippen LogP contribution in [0.5, 0.6) is 0 Å². The maximum Gasteiger partial charge on any atom is 0.177 e. The fraction of sp³-hybridized carbons (Fsp3) is 0.154. The van der Waals surface area contributed by atoms with Crippen molar-refractivity contribution in [2.45, 2.75) is 11.4 Å². The van der Waals surface area contributed by atoms with Crippen LogP contribution in [0.25, 0.3) is 10.3 Å². The predicted octanol–water partition coefficient (Wildman–Crippen LogP) is 2.76. The van der Waals surface area contributed by atoms with Gasteiger partial charge in [-0.15, -0.1) is 0 Å². The molecule has 0 amide bonds. The Labute approximate surface area is 136 Å². The van der Waals surface area contributed by atoms with E-state index >= 15 is 0 Å². The highest BCUT2D eigenvalue weighted by atomic mass is 35.5. The molecule has 0 saturated carbocycles. The molecule has 2 heterocycles. The molecule has 0 saturated heterocycles. The maximum atomic E-state index is 11.8. The fourth-order valence-corrected chi connectivity index (χ4v) is 3.89. The first-order chi connectivity index (χ1) is 10.4. The normalized spacial score (nSPS) is 11.7. The number of hydrogen-bond donors (Lipinski definition) is 1. The minimum Gasteiger partial charge on any atom is -0.377 e. The zero-order chi connectivity index (χ0) is 15.7. The van der Waals surface area contributed by atoms with Gasteiger partial charge in [0.25, 0.3) is 0 Å². The van der Waals surface area contributed by atoms with Gasteiger partial charge in [0.1, 0.15) is 21.7 Å². The molecule has 0 fully saturated rings. The van der Waals surface area contributed by atoms with Crippen LogP contribution in [0.2, 0.25) is 5.15 Å². The van der Waals surface area contributed by atoms with Gasteiger partial charge in [-0.2, -0.15) is 0 Å². The number of fused-ring (bicyclic) bond motifs is 1. The Hall–Kier alpha value is -1.77. The topological polar surface area (TPSA) is 84.8 Å². The van der Waals surface area contributed by atoms with Crippen LogP contribution in [0.4, 0.5) is 5.69 Å². The van der Waals surface area contributed by atoms with Crippen molar-refractivity contribution in [1.29, 1.82) is 0 Å². The van der Waals surface area contributed by atoms with E-state index in [4.69, 9.17) is 11.6 Å². The quantitative estimate of drug-likeness (QED) is 0.725. The molecule has 0 atom stereocenters. The molecule has 0 aliphatic rings. The largest absolute Gasteiger partial charge is 0.377 e. The lowest BCUT2D eigenvalue weighted by Gasteiger charge is -2.09. The van der Waals surface area contributed by atoms with Crippen LogP contribution >= 0.6 is 22.9 Å². The molecule has 0 bridgehead atoms. The van der Waals surface area contributed by atoms with Crippen LogP contribution in [0.3, 0.4) is 0 Å². The molecular formula is C13H11ClN4O2S2. The highest BCUT2D eigenvalue weighted by Gasteiger charge is 2.13. The summed E-state index contributed by atoms with van der Waals surface area (Å²) in [7, 11) is -3.29. The van der Waals surface area contributed by atoms with E-state index in [1.165, 1.54) is 23.9 Å². The lowest BCUT2D eigenvalue weighted by molar-refractivity contribution is 0.602.